The maximum atomic E-state index is 11.2. The topological polar surface area (TPSA) is 92.9 Å². The molecule has 0 aromatic heterocycles. The highest BCUT2D eigenvalue weighted by Crippen LogP contribution is 2.28. The van der Waals surface area contributed by atoms with Gasteiger partial charge in [0.2, 0.25) is 0 Å². The second kappa shape index (κ2) is 5.23. The quantitative estimate of drug-likeness (QED) is 0.651. The highest BCUT2D eigenvalue weighted by Gasteiger charge is 2.37. The molecule has 0 bridgehead atoms. The van der Waals surface area contributed by atoms with Crippen LogP contribution in [-0.4, -0.2) is 41.8 Å². The van der Waals surface area contributed by atoms with Crippen LogP contribution in [0.1, 0.15) is 6.42 Å². The van der Waals surface area contributed by atoms with Gasteiger partial charge >= 0.3 is 5.97 Å². The molecule has 0 amide bonds. The maximum Gasteiger partial charge on any atom is 0.326 e. The Morgan fingerprint density at radius 1 is 1.47 bits per heavy atom. The van der Waals surface area contributed by atoms with Crippen molar-refractivity contribution in [2.24, 2.45) is 0 Å². The van der Waals surface area contributed by atoms with Crippen LogP contribution < -0.4 is 4.90 Å². The molecule has 0 saturated carbocycles. The van der Waals surface area contributed by atoms with Crippen LogP contribution in [0.25, 0.3) is 0 Å². The number of nitro benzene ring substituents is 1. The van der Waals surface area contributed by atoms with Crippen molar-refractivity contribution in [2.45, 2.75) is 18.6 Å². The number of methoxy groups -OCH3 is 1. The summed E-state index contributed by atoms with van der Waals surface area (Å²) in [6, 6.07) is 5.20. The van der Waals surface area contributed by atoms with Crippen molar-refractivity contribution in [2.75, 3.05) is 18.6 Å². The van der Waals surface area contributed by atoms with Gasteiger partial charge in [0.1, 0.15) is 6.04 Å². The minimum absolute atomic E-state index is 0.0156. The first-order valence-corrected chi connectivity index (χ1v) is 5.79. The van der Waals surface area contributed by atoms with E-state index in [1.807, 2.05) is 0 Å². The number of hydrogen-bond acceptors (Lipinski definition) is 5. The van der Waals surface area contributed by atoms with Crippen LogP contribution in [0.3, 0.4) is 0 Å². The highest BCUT2D eigenvalue weighted by molar-refractivity contribution is 5.79. The van der Waals surface area contributed by atoms with E-state index in [0.29, 0.717) is 18.7 Å². The molecule has 0 spiro atoms. The van der Waals surface area contributed by atoms with Crippen LogP contribution in [-0.2, 0) is 9.53 Å². The number of non-ortho nitro benzene ring substituents is 1. The number of carboxylic acids is 1. The van der Waals surface area contributed by atoms with Crippen LogP contribution in [0.2, 0.25) is 0 Å². The molecule has 1 saturated heterocycles. The molecule has 1 aromatic carbocycles. The Balaban J connectivity index is 2.23. The van der Waals surface area contributed by atoms with Gasteiger partial charge in [0.05, 0.1) is 11.0 Å². The zero-order chi connectivity index (χ0) is 14.0. The zero-order valence-corrected chi connectivity index (χ0v) is 10.4. The molecule has 102 valence electrons. The summed E-state index contributed by atoms with van der Waals surface area (Å²) in [6.07, 6.45) is 0.263. The fourth-order valence-corrected chi connectivity index (χ4v) is 2.25. The van der Waals surface area contributed by atoms with Gasteiger partial charge in [-0.2, -0.15) is 0 Å². The molecule has 2 atom stereocenters. The molecule has 1 aromatic rings. The van der Waals surface area contributed by atoms with E-state index >= 15 is 0 Å². The number of carboxylic acid groups (broad SMARTS) is 1. The van der Waals surface area contributed by atoms with Crippen LogP contribution in [0, 0.1) is 10.1 Å². The Kier molecular flexibility index (Phi) is 3.66. The average molecular weight is 266 g/mol. The van der Waals surface area contributed by atoms with Gasteiger partial charge in [-0.3, -0.25) is 10.1 Å². The molecule has 19 heavy (non-hydrogen) atoms. The maximum absolute atomic E-state index is 11.2. The SMILES string of the molecule is COC1CC(C(=O)O)N(c2ccc([N+](=O)[O-])cc2)C1. The number of rotatable bonds is 4. The smallest absolute Gasteiger partial charge is 0.326 e. The van der Waals surface area contributed by atoms with Gasteiger partial charge in [0.15, 0.2) is 0 Å². The molecule has 0 radical (unpaired) electrons. The minimum Gasteiger partial charge on any atom is -0.480 e. The predicted octanol–water partition coefficient (Wildman–Crippen LogP) is 1.27. The Morgan fingerprint density at radius 2 is 2.11 bits per heavy atom. The Morgan fingerprint density at radius 3 is 2.58 bits per heavy atom. The summed E-state index contributed by atoms with van der Waals surface area (Å²) in [5.41, 5.74) is 0.635. The zero-order valence-electron chi connectivity index (χ0n) is 10.4. The number of nitrogens with zero attached hydrogens (tertiary/aromatic N) is 2. The van der Waals surface area contributed by atoms with E-state index < -0.39 is 16.9 Å². The third-order valence-electron chi connectivity index (χ3n) is 3.27. The van der Waals surface area contributed by atoms with Crippen LogP contribution in [0.5, 0.6) is 0 Å². The lowest BCUT2D eigenvalue weighted by Gasteiger charge is -2.23. The normalized spacial score (nSPS) is 22.5. The van der Waals surface area contributed by atoms with Crippen molar-refractivity contribution < 1.29 is 19.6 Å². The molecule has 1 aliphatic heterocycles. The average Bonchev–Trinajstić information content (AvgIpc) is 2.83. The first-order valence-electron chi connectivity index (χ1n) is 5.79. The summed E-state index contributed by atoms with van der Waals surface area (Å²) in [5, 5.41) is 19.8. The molecule has 7 heteroatoms. The Labute approximate surface area is 109 Å². The first kappa shape index (κ1) is 13.3. The van der Waals surface area contributed by atoms with Gasteiger partial charge in [-0.15, -0.1) is 0 Å². The standard InChI is InChI=1S/C12H14N2O5/c1-19-10-6-11(12(15)16)13(7-10)8-2-4-9(5-3-8)14(17)18/h2-5,10-11H,6-7H2,1H3,(H,15,16). The molecule has 1 aliphatic rings. The van der Waals surface area contributed by atoms with Crippen molar-refractivity contribution in [1.29, 1.82) is 0 Å². The second-order valence-electron chi connectivity index (χ2n) is 4.37. The number of ether oxygens (including phenoxy) is 1. The number of carbonyl (C=O) groups is 1. The first-order chi connectivity index (χ1) is 9.02. The summed E-state index contributed by atoms with van der Waals surface area (Å²) in [7, 11) is 1.54. The van der Waals surface area contributed by atoms with Crippen molar-refractivity contribution in [3.8, 4) is 0 Å². The number of anilines is 1. The van der Waals surface area contributed by atoms with Gasteiger partial charge in [-0.1, -0.05) is 0 Å². The molecule has 2 rings (SSSR count). The van der Waals surface area contributed by atoms with Crippen molar-refractivity contribution in [1.82, 2.24) is 0 Å². The van der Waals surface area contributed by atoms with E-state index in [4.69, 9.17) is 4.74 Å². The summed E-state index contributed by atoms with van der Waals surface area (Å²) >= 11 is 0. The van der Waals surface area contributed by atoms with Gasteiger partial charge in [-0.25, -0.2) is 4.79 Å². The van der Waals surface area contributed by atoms with E-state index in [9.17, 15) is 20.0 Å². The molecule has 0 aliphatic carbocycles. The predicted molar refractivity (Wildman–Crippen MR) is 67.3 cm³/mol. The van der Waals surface area contributed by atoms with Crippen molar-refractivity contribution >= 4 is 17.3 Å². The van der Waals surface area contributed by atoms with Gasteiger partial charge < -0.3 is 14.7 Å². The fraction of sp³-hybridized carbons (Fsp3) is 0.417. The number of hydrogen-bond donors (Lipinski definition) is 1. The number of nitro groups is 1. The van der Waals surface area contributed by atoms with Gasteiger partial charge in [0.25, 0.3) is 5.69 Å². The molecule has 7 nitrogen and oxygen atoms in total. The summed E-state index contributed by atoms with van der Waals surface area (Å²) in [6.45, 7) is 0.464. The van der Waals surface area contributed by atoms with E-state index in [2.05, 4.69) is 0 Å². The van der Waals surface area contributed by atoms with Crippen molar-refractivity contribution in [3.05, 3.63) is 34.4 Å². The van der Waals surface area contributed by atoms with Gasteiger partial charge in [-0.05, 0) is 12.1 Å². The minimum atomic E-state index is -0.919. The molecule has 2 unspecified atom stereocenters. The van der Waals surface area contributed by atoms with E-state index in [0.717, 1.165) is 0 Å². The summed E-state index contributed by atoms with van der Waals surface area (Å²) in [5.74, 6) is -0.919. The molecular formula is C12H14N2O5. The van der Waals surface area contributed by atoms with Gasteiger partial charge in [0, 0.05) is 37.9 Å². The van der Waals surface area contributed by atoms with Crippen LogP contribution >= 0.6 is 0 Å². The largest absolute Gasteiger partial charge is 0.480 e. The van der Waals surface area contributed by atoms with E-state index in [1.54, 1.807) is 24.1 Å². The molecule has 1 heterocycles. The Bertz CT molecular complexity index is 487. The fourth-order valence-electron chi connectivity index (χ4n) is 2.25. The molecular weight excluding hydrogens is 252 g/mol. The monoisotopic (exact) mass is 266 g/mol. The van der Waals surface area contributed by atoms with Crippen molar-refractivity contribution in [3.63, 3.8) is 0 Å². The number of aliphatic carboxylic acids is 1. The second-order valence-corrected chi connectivity index (χ2v) is 4.37. The number of benzene rings is 1. The lowest BCUT2D eigenvalue weighted by Crippen LogP contribution is -2.35. The summed E-state index contributed by atoms with van der Waals surface area (Å²) in [4.78, 5) is 23.0. The Hall–Kier alpha value is -2.15. The summed E-state index contributed by atoms with van der Waals surface area (Å²) < 4.78 is 5.19. The third kappa shape index (κ3) is 2.65. The van der Waals surface area contributed by atoms with Crippen LogP contribution in [0.4, 0.5) is 11.4 Å². The molecule has 1 N–H and O–H groups in total. The highest BCUT2D eigenvalue weighted by atomic mass is 16.6. The lowest BCUT2D eigenvalue weighted by atomic mass is 10.2. The van der Waals surface area contributed by atoms with E-state index in [1.165, 1.54) is 12.1 Å². The lowest BCUT2D eigenvalue weighted by molar-refractivity contribution is -0.384. The third-order valence-corrected chi connectivity index (χ3v) is 3.27. The molecule has 1 fully saturated rings. The van der Waals surface area contributed by atoms with E-state index in [-0.39, 0.29) is 11.8 Å². The van der Waals surface area contributed by atoms with Crippen LogP contribution in [0.15, 0.2) is 24.3 Å².